The van der Waals surface area contributed by atoms with Crippen molar-refractivity contribution in [3.63, 3.8) is 0 Å². The van der Waals surface area contributed by atoms with Crippen molar-refractivity contribution in [2.24, 2.45) is 5.92 Å². The van der Waals surface area contributed by atoms with E-state index in [0.29, 0.717) is 0 Å². The van der Waals surface area contributed by atoms with Gasteiger partial charge in [-0.05, 0) is 12.3 Å². The average molecular weight is 142 g/mol. The first-order chi connectivity index (χ1) is 4.70. The smallest absolute Gasteiger partial charge is 0.303 e. The third-order valence-electron chi connectivity index (χ3n) is 1.54. The number of rotatable bonds is 5. The molecule has 0 amide bonds. The Bertz CT molecular complexity index is 118. The first kappa shape index (κ1) is 9.21. The summed E-state index contributed by atoms with van der Waals surface area (Å²) in [5.74, 6) is -0.441. The van der Waals surface area contributed by atoms with Gasteiger partial charge in [-0.2, -0.15) is 0 Å². The maximum absolute atomic E-state index is 10.2. The van der Waals surface area contributed by atoms with Gasteiger partial charge >= 0.3 is 5.97 Å². The van der Waals surface area contributed by atoms with Crippen molar-refractivity contribution in [1.82, 2.24) is 0 Å². The highest BCUT2D eigenvalue weighted by Gasteiger charge is 2.07. The van der Waals surface area contributed by atoms with Gasteiger partial charge in [-0.1, -0.05) is 19.4 Å². The van der Waals surface area contributed by atoms with Crippen LogP contribution in [0.4, 0.5) is 0 Å². The molecular formula is C8H14O2. The zero-order valence-electron chi connectivity index (χ0n) is 6.34. The van der Waals surface area contributed by atoms with Crippen molar-refractivity contribution in [2.45, 2.75) is 26.2 Å². The first-order valence-electron chi connectivity index (χ1n) is 3.53. The molecule has 1 atom stereocenters. The van der Waals surface area contributed by atoms with E-state index in [1.165, 1.54) is 0 Å². The number of carbonyl (C=O) groups is 1. The summed E-state index contributed by atoms with van der Waals surface area (Å²) in [6, 6.07) is 0. The molecule has 0 spiro atoms. The highest BCUT2D eigenvalue weighted by atomic mass is 16.4. The molecule has 0 aromatic rings. The molecule has 0 aromatic carbocycles. The molecule has 0 bridgehead atoms. The Morgan fingerprint density at radius 3 is 2.70 bits per heavy atom. The highest BCUT2D eigenvalue weighted by molar-refractivity contribution is 5.67. The molecule has 1 N–H and O–H groups in total. The molecule has 0 saturated heterocycles. The predicted molar refractivity (Wildman–Crippen MR) is 40.8 cm³/mol. The molecule has 0 radical (unpaired) electrons. The second-order valence-corrected chi connectivity index (χ2v) is 2.40. The fraction of sp³-hybridized carbons (Fsp3) is 0.625. The number of allylic oxidation sites excluding steroid dienone is 1. The molecule has 0 aliphatic heterocycles. The number of aliphatic carboxylic acids is 1. The van der Waals surface area contributed by atoms with Gasteiger partial charge in [0.05, 0.1) is 0 Å². The summed E-state index contributed by atoms with van der Waals surface area (Å²) < 4.78 is 0. The normalized spacial score (nSPS) is 12.5. The van der Waals surface area contributed by atoms with Crippen molar-refractivity contribution in [3.8, 4) is 0 Å². The molecule has 0 saturated carbocycles. The lowest BCUT2D eigenvalue weighted by molar-refractivity contribution is -0.138. The van der Waals surface area contributed by atoms with Gasteiger partial charge in [0.2, 0.25) is 0 Å². The Hall–Kier alpha value is -0.790. The monoisotopic (exact) mass is 142 g/mol. The third-order valence-corrected chi connectivity index (χ3v) is 1.54. The average Bonchev–Trinajstić information content (AvgIpc) is 1.86. The standard InChI is InChI=1S/C8H14O2/c1-3-5-7(4-2)6-8(9)10/h3,7H,1,4-6H2,2H3,(H,9,10). The van der Waals surface area contributed by atoms with Gasteiger partial charge in [0.25, 0.3) is 0 Å². The molecule has 0 aromatic heterocycles. The van der Waals surface area contributed by atoms with Crippen LogP contribution in [0.25, 0.3) is 0 Å². The van der Waals surface area contributed by atoms with Crippen molar-refractivity contribution in [1.29, 1.82) is 0 Å². The SMILES string of the molecule is C=CCC(CC)CC(=O)O. The quantitative estimate of drug-likeness (QED) is 0.596. The van der Waals surface area contributed by atoms with Crippen LogP contribution in [0.15, 0.2) is 12.7 Å². The summed E-state index contributed by atoms with van der Waals surface area (Å²) in [5.41, 5.74) is 0. The van der Waals surface area contributed by atoms with Gasteiger partial charge in [-0.3, -0.25) is 4.79 Å². The Balaban J connectivity index is 3.59. The van der Waals surface area contributed by atoms with E-state index >= 15 is 0 Å². The fourth-order valence-electron chi connectivity index (χ4n) is 0.877. The van der Waals surface area contributed by atoms with E-state index < -0.39 is 5.97 Å². The predicted octanol–water partition coefficient (Wildman–Crippen LogP) is 2.06. The molecule has 0 heterocycles. The summed E-state index contributed by atoms with van der Waals surface area (Å²) >= 11 is 0. The zero-order valence-corrected chi connectivity index (χ0v) is 6.34. The summed E-state index contributed by atoms with van der Waals surface area (Å²) in [7, 11) is 0. The number of hydrogen-bond acceptors (Lipinski definition) is 1. The summed E-state index contributed by atoms with van der Waals surface area (Å²) in [5, 5.41) is 8.41. The van der Waals surface area contributed by atoms with E-state index in [-0.39, 0.29) is 12.3 Å². The van der Waals surface area contributed by atoms with Crippen LogP contribution >= 0.6 is 0 Å². The van der Waals surface area contributed by atoms with Gasteiger partial charge in [0.15, 0.2) is 0 Å². The molecule has 0 aliphatic rings. The molecule has 10 heavy (non-hydrogen) atoms. The van der Waals surface area contributed by atoms with Crippen LogP contribution in [0, 0.1) is 5.92 Å². The van der Waals surface area contributed by atoms with Crippen molar-refractivity contribution in [3.05, 3.63) is 12.7 Å². The lowest BCUT2D eigenvalue weighted by Crippen LogP contribution is -2.05. The fourth-order valence-corrected chi connectivity index (χ4v) is 0.877. The number of carboxylic acid groups (broad SMARTS) is 1. The lowest BCUT2D eigenvalue weighted by Gasteiger charge is -2.07. The zero-order chi connectivity index (χ0) is 7.98. The molecule has 2 nitrogen and oxygen atoms in total. The van der Waals surface area contributed by atoms with Gasteiger partial charge in [0, 0.05) is 6.42 Å². The van der Waals surface area contributed by atoms with Crippen molar-refractivity contribution in [2.75, 3.05) is 0 Å². The van der Waals surface area contributed by atoms with Gasteiger partial charge in [-0.15, -0.1) is 6.58 Å². The van der Waals surface area contributed by atoms with Gasteiger partial charge in [-0.25, -0.2) is 0 Å². The maximum atomic E-state index is 10.2. The van der Waals surface area contributed by atoms with E-state index in [1.54, 1.807) is 6.08 Å². The van der Waals surface area contributed by atoms with Crippen LogP contribution < -0.4 is 0 Å². The van der Waals surface area contributed by atoms with E-state index in [9.17, 15) is 4.79 Å². The minimum absolute atomic E-state index is 0.266. The van der Waals surface area contributed by atoms with E-state index in [2.05, 4.69) is 6.58 Å². The number of hydrogen-bond donors (Lipinski definition) is 1. The Morgan fingerprint density at radius 2 is 2.40 bits per heavy atom. The Kier molecular flexibility index (Phi) is 4.63. The van der Waals surface area contributed by atoms with Crippen molar-refractivity contribution < 1.29 is 9.90 Å². The van der Waals surface area contributed by atoms with Crippen molar-refractivity contribution >= 4 is 5.97 Å². The van der Waals surface area contributed by atoms with Crippen LogP contribution in [0.3, 0.4) is 0 Å². The number of carboxylic acids is 1. The molecule has 0 fully saturated rings. The summed E-state index contributed by atoms with van der Waals surface area (Å²) in [6.07, 6.45) is 3.76. The van der Waals surface area contributed by atoms with Gasteiger partial charge < -0.3 is 5.11 Å². The van der Waals surface area contributed by atoms with E-state index in [4.69, 9.17) is 5.11 Å². The molecule has 0 aliphatic carbocycles. The van der Waals surface area contributed by atoms with E-state index in [1.807, 2.05) is 6.92 Å². The molecule has 1 unspecified atom stereocenters. The summed E-state index contributed by atoms with van der Waals surface area (Å²) in [6.45, 7) is 5.56. The van der Waals surface area contributed by atoms with Crippen LogP contribution in [0.2, 0.25) is 0 Å². The second kappa shape index (κ2) is 5.03. The van der Waals surface area contributed by atoms with Crippen LogP contribution in [0.5, 0.6) is 0 Å². The Morgan fingerprint density at radius 1 is 1.80 bits per heavy atom. The van der Waals surface area contributed by atoms with Crippen LogP contribution in [-0.2, 0) is 4.79 Å². The maximum Gasteiger partial charge on any atom is 0.303 e. The topological polar surface area (TPSA) is 37.3 Å². The molecule has 0 rings (SSSR count). The van der Waals surface area contributed by atoms with E-state index in [0.717, 1.165) is 12.8 Å². The first-order valence-corrected chi connectivity index (χ1v) is 3.53. The molecule has 2 heteroatoms. The second-order valence-electron chi connectivity index (χ2n) is 2.40. The van der Waals surface area contributed by atoms with Crippen LogP contribution in [-0.4, -0.2) is 11.1 Å². The molecule has 58 valence electrons. The van der Waals surface area contributed by atoms with Crippen LogP contribution in [0.1, 0.15) is 26.2 Å². The largest absolute Gasteiger partial charge is 0.481 e. The summed E-state index contributed by atoms with van der Waals surface area (Å²) in [4.78, 5) is 10.2. The molecular weight excluding hydrogens is 128 g/mol. The minimum Gasteiger partial charge on any atom is -0.481 e. The highest BCUT2D eigenvalue weighted by Crippen LogP contribution is 2.12. The lowest BCUT2D eigenvalue weighted by atomic mass is 9.99. The minimum atomic E-state index is -0.714. The third kappa shape index (κ3) is 4.13. The Labute approximate surface area is 61.6 Å². The van der Waals surface area contributed by atoms with Gasteiger partial charge in [0.1, 0.15) is 0 Å².